The monoisotopic (exact) mass is 599 g/mol. The molecule has 2 rings (SSSR count). The van der Waals surface area contributed by atoms with E-state index in [2.05, 4.69) is 67.8 Å². The molecule has 0 saturated carbocycles. The maximum atomic E-state index is 12.6. The number of carbonyl (C=O) groups is 1. The minimum atomic E-state index is -0.243. The van der Waals surface area contributed by atoms with Crippen LogP contribution >= 0.6 is 67.8 Å². The molecule has 19 heavy (non-hydrogen) atoms. The fourth-order valence-corrected chi connectivity index (χ4v) is 4.33. The zero-order valence-electron chi connectivity index (χ0n) is 9.91. The average molecular weight is 599 g/mol. The Morgan fingerprint density at radius 3 is 2.84 bits per heavy atom. The van der Waals surface area contributed by atoms with Gasteiger partial charge in [0.2, 0.25) is 0 Å². The molecule has 1 aromatic carbocycles. The highest BCUT2D eigenvalue weighted by atomic mass is 127. The van der Waals surface area contributed by atoms with Crippen molar-refractivity contribution < 1.29 is 14.6 Å². The highest BCUT2D eigenvalue weighted by molar-refractivity contribution is 14.1. The SMILES string of the molecule is O=C(c1cc(I)cc(I)c1I)N1CCOCC1CO. The fraction of sp³-hybridized carbons (Fsp3) is 0.417. The van der Waals surface area contributed by atoms with Crippen molar-refractivity contribution >= 4 is 73.7 Å². The molecule has 1 aromatic rings. The Labute approximate surface area is 152 Å². The number of amides is 1. The van der Waals surface area contributed by atoms with E-state index < -0.39 is 0 Å². The van der Waals surface area contributed by atoms with Gasteiger partial charge in [-0.3, -0.25) is 4.79 Å². The normalized spacial score (nSPS) is 19.6. The number of carbonyl (C=O) groups excluding carboxylic acids is 1. The molecular weight excluding hydrogens is 587 g/mol. The summed E-state index contributed by atoms with van der Waals surface area (Å²) in [6.07, 6.45) is 0. The lowest BCUT2D eigenvalue weighted by molar-refractivity contribution is -0.0184. The van der Waals surface area contributed by atoms with E-state index in [0.29, 0.717) is 25.3 Å². The van der Waals surface area contributed by atoms with E-state index in [-0.39, 0.29) is 18.6 Å². The summed E-state index contributed by atoms with van der Waals surface area (Å²) in [5.74, 6) is -0.0248. The van der Waals surface area contributed by atoms with Crippen LogP contribution in [0.3, 0.4) is 0 Å². The minimum Gasteiger partial charge on any atom is -0.394 e. The van der Waals surface area contributed by atoms with E-state index in [4.69, 9.17) is 4.74 Å². The van der Waals surface area contributed by atoms with Crippen molar-refractivity contribution in [1.82, 2.24) is 4.90 Å². The zero-order chi connectivity index (χ0) is 14.0. The number of halogens is 3. The molecule has 1 amide bonds. The summed E-state index contributed by atoms with van der Waals surface area (Å²) >= 11 is 6.65. The summed E-state index contributed by atoms with van der Waals surface area (Å²) in [4.78, 5) is 14.4. The number of hydrogen-bond donors (Lipinski definition) is 1. The van der Waals surface area contributed by atoms with Crippen LogP contribution in [-0.4, -0.2) is 48.3 Å². The van der Waals surface area contributed by atoms with E-state index in [1.807, 2.05) is 12.1 Å². The van der Waals surface area contributed by atoms with Crippen molar-refractivity contribution in [2.24, 2.45) is 0 Å². The number of rotatable bonds is 2. The second-order valence-corrected chi connectivity index (χ2v) is 7.65. The van der Waals surface area contributed by atoms with Crippen LogP contribution < -0.4 is 0 Å². The predicted octanol–water partition coefficient (Wildman–Crippen LogP) is 2.33. The first kappa shape index (κ1) is 16.2. The molecule has 0 radical (unpaired) electrons. The van der Waals surface area contributed by atoms with Crippen LogP contribution in [0, 0.1) is 10.7 Å². The van der Waals surface area contributed by atoms with Gasteiger partial charge in [0, 0.05) is 17.3 Å². The first-order valence-electron chi connectivity index (χ1n) is 5.68. The summed E-state index contributed by atoms with van der Waals surface area (Å²) in [5.41, 5.74) is 0.706. The van der Waals surface area contributed by atoms with Gasteiger partial charge in [-0.15, -0.1) is 0 Å². The second-order valence-electron chi connectivity index (χ2n) is 4.16. The van der Waals surface area contributed by atoms with Gasteiger partial charge in [-0.05, 0) is 79.9 Å². The molecule has 7 heteroatoms. The molecule has 1 N–H and O–H groups in total. The summed E-state index contributed by atoms with van der Waals surface area (Å²) in [6, 6.07) is 3.70. The summed E-state index contributed by atoms with van der Waals surface area (Å²) in [5, 5.41) is 9.36. The van der Waals surface area contributed by atoms with E-state index in [1.165, 1.54) is 0 Å². The van der Waals surface area contributed by atoms with Crippen LogP contribution in [0.25, 0.3) is 0 Å². The Morgan fingerprint density at radius 1 is 1.42 bits per heavy atom. The van der Waals surface area contributed by atoms with Gasteiger partial charge >= 0.3 is 0 Å². The van der Waals surface area contributed by atoms with Crippen LogP contribution in [0.1, 0.15) is 10.4 Å². The Hall–Kier alpha value is 0.800. The molecule has 1 aliphatic rings. The maximum absolute atomic E-state index is 12.6. The van der Waals surface area contributed by atoms with Crippen molar-refractivity contribution in [1.29, 1.82) is 0 Å². The molecule has 1 unspecified atom stereocenters. The number of aliphatic hydroxyl groups excluding tert-OH is 1. The van der Waals surface area contributed by atoms with Crippen molar-refractivity contribution in [3.05, 3.63) is 28.4 Å². The molecule has 0 bridgehead atoms. The summed E-state index contributed by atoms with van der Waals surface area (Å²) in [6.45, 7) is 1.39. The molecule has 1 atom stereocenters. The standard InChI is InChI=1S/C12H12I3NO3/c13-7-3-9(11(15)10(14)4-7)12(18)16-1-2-19-6-8(16)5-17/h3-4,8,17H,1-2,5-6H2. The predicted molar refractivity (Wildman–Crippen MR) is 97.3 cm³/mol. The third-order valence-electron chi connectivity index (χ3n) is 2.92. The molecule has 4 nitrogen and oxygen atoms in total. The Kier molecular flexibility index (Phi) is 6.11. The van der Waals surface area contributed by atoms with E-state index >= 15 is 0 Å². The quantitative estimate of drug-likeness (QED) is 0.420. The number of ether oxygens (including phenoxy) is 1. The molecule has 1 heterocycles. The number of nitrogens with zero attached hydrogens (tertiary/aromatic N) is 1. The summed E-state index contributed by atoms with van der Waals surface area (Å²) < 4.78 is 8.39. The number of aliphatic hydroxyl groups is 1. The van der Waals surface area contributed by atoms with E-state index in [1.54, 1.807) is 4.90 Å². The lowest BCUT2D eigenvalue weighted by Gasteiger charge is -2.34. The molecule has 1 saturated heterocycles. The highest BCUT2D eigenvalue weighted by Gasteiger charge is 2.29. The van der Waals surface area contributed by atoms with Crippen LogP contribution in [-0.2, 0) is 4.74 Å². The highest BCUT2D eigenvalue weighted by Crippen LogP contribution is 2.25. The van der Waals surface area contributed by atoms with E-state index in [0.717, 1.165) is 10.7 Å². The van der Waals surface area contributed by atoms with Gasteiger partial charge in [-0.2, -0.15) is 0 Å². The third kappa shape index (κ3) is 3.71. The van der Waals surface area contributed by atoms with Crippen LogP contribution in [0.2, 0.25) is 0 Å². The van der Waals surface area contributed by atoms with Crippen molar-refractivity contribution in [3.63, 3.8) is 0 Å². The number of hydrogen-bond acceptors (Lipinski definition) is 3. The van der Waals surface area contributed by atoms with Gasteiger partial charge in [0.05, 0.1) is 31.4 Å². The second kappa shape index (κ2) is 7.18. The molecule has 104 valence electrons. The van der Waals surface area contributed by atoms with Crippen molar-refractivity contribution in [2.45, 2.75) is 6.04 Å². The van der Waals surface area contributed by atoms with Crippen LogP contribution in [0.15, 0.2) is 12.1 Å². The zero-order valence-corrected chi connectivity index (χ0v) is 16.4. The molecule has 1 aliphatic heterocycles. The third-order valence-corrected chi connectivity index (χ3v) is 6.59. The molecule has 0 aliphatic carbocycles. The van der Waals surface area contributed by atoms with Gasteiger partial charge < -0.3 is 14.7 Å². The van der Waals surface area contributed by atoms with Gasteiger partial charge in [0.15, 0.2) is 0 Å². The summed E-state index contributed by atoms with van der Waals surface area (Å²) in [7, 11) is 0. The first-order chi connectivity index (χ1) is 9.04. The lowest BCUT2D eigenvalue weighted by atomic mass is 10.1. The average Bonchev–Trinajstić information content (AvgIpc) is 2.42. The Morgan fingerprint density at radius 2 is 2.16 bits per heavy atom. The largest absolute Gasteiger partial charge is 0.394 e. The maximum Gasteiger partial charge on any atom is 0.255 e. The molecule has 0 aromatic heterocycles. The van der Waals surface area contributed by atoms with Gasteiger partial charge in [0.1, 0.15) is 0 Å². The van der Waals surface area contributed by atoms with Gasteiger partial charge in [-0.1, -0.05) is 0 Å². The van der Waals surface area contributed by atoms with E-state index in [9.17, 15) is 9.90 Å². The Balaban J connectivity index is 2.33. The lowest BCUT2D eigenvalue weighted by Crippen LogP contribution is -2.50. The van der Waals surface area contributed by atoms with Crippen molar-refractivity contribution in [3.8, 4) is 0 Å². The molecule has 1 fully saturated rings. The smallest absolute Gasteiger partial charge is 0.255 e. The topological polar surface area (TPSA) is 49.8 Å². The number of benzene rings is 1. The van der Waals surface area contributed by atoms with Gasteiger partial charge in [-0.25, -0.2) is 0 Å². The molecule has 0 spiro atoms. The Bertz CT molecular complexity index is 495. The minimum absolute atomic E-state index is 0.0248. The number of morpholine rings is 1. The van der Waals surface area contributed by atoms with Gasteiger partial charge in [0.25, 0.3) is 5.91 Å². The first-order valence-corrected chi connectivity index (χ1v) is 8.92. The van der Waals surface area contributed by atoms with Crippen LogP contribution in [0.4, 0.5) is 0 Å². The van der Waals surface area contributed by atoms with Crippen molar-refractivity contribution in [2.75, 3.05) is 26.4 Å². The van der Waals surface area contributed by atoms with Crippen LogP contribution in [0.5, 0.6) is 0 Å². The molecular formula is C12H12I3NO3. The fourth-order valence-electron chi connectivity index (χ4n) is 1.94.